The van der Waals surface area contributed by atoms with Crippen LogP contribution in [0.15, 0.2) is 22.7 Å². The number of anilines is 2. The Balaban J connectivity index is 2.91. The molecular weight excluding hydrogens is 266 g/mol. The third-order valence-electron chi connectivity index (χ3n) is 2.41. The van der Waals surface area contributed by atoms with Gasteiger partial charge in [-0.05, 0) is 48.0 Å². The molecule has 0 radical (unpaired) electrons. The number of hydrogen-bond acceptors (Lipinski definition) is 3. The van der Waals surface area contributed by atoms with E-state index in [9.17, 15) is 0 Å². The molecule has 0 bridgehead atoms. The van der Waals surface area contributed by atoms with E-state index in [4.69, 9.17) is 11.0 Å². The van der Waals surface area contributed by atoms with Gasteiger partial charge in [-0.15, -0.1) is 0 Å². The molecule has 0 saturated carbocycles. The Morgan fingerprint density at radius 3 is 2.75 bits per heavy atom. The maximum absolute atomic E-state index is 8.83. The van der Waals surface area contributed by atoms with Crippen molar-refractivity contribution < 1.29 is 0 Å². The molecule has 1 unspecified atom stereocenters. The molecule has 0 spiro atoms. The highest BCUT2D eigenvalue weighted by molar-refractivity contribution is 9.10. The Morgan fingerprint density at radius 1 is 1.56 bits per heavy atom. The Morgan fingerprint density at radius 2 is 2.25 bits per heavy atom. The van der Waals surface area contributed by atoms with Gasteiger partial charge in [-0.25, -0.2) is 0 Å². The van der Waals surface area contributed by atoms with Gasteiger partial charge in [-0.2, -0.15) is 5.26 Å². The first-order valence-corrected chi connectivity index (χ1v) is 6.07. The highest BCUT2D eigenvalue weighted by Gasteiger charge is 2.11. The number of nitrogens with two attached hydrogens (primary N) is 1. The smallest absolute Gasteiger partial charge is 0.0671 e. The summed E-state index contributed by atoms with van der Waals surface area (Å²) >= 11 is 3.50. The monoisotopic (exact) mass is 281 g/mol. The van der Waals surface area contributed by atoms with Crippen LogP contribution in [0.3, 0.4) is 0 Å². The molecular formula is C12H16BrN3. The molecule has 2 N–H and O–H groups in total. The quantitative estimate of drug-likeness (QED) is 0.864. The lowest BCUT2D eigenvalue weighted by atomic mass is 10.1. The Bertz CT molecular complexity index is 398. The fraction of sp³-hybridized carbons (Fsp3) is 0.417. The van der Waals surface area contributed by atoms with Gasteiger partial charge in [0.25, 0.3) is 0 Å². The Hall–Kier alpha value is -1.21. The summed E-state index contributed by atoms with van der Waals surface area (Å²) in [4.78, 5) is 2.16. The lowest BCUT2D eigenvalue weighted by Crippen LogP contribution is -2.28. The zero-order valence-corrected chi connectivity index (χ0v) is 11.2. The van der Waals surface area contributed by atoms with E-state index in [1.54, 1.807) is 0 Å². The van der Waals surface area contributed by atoms with Crippen LogP contribution >= 0.6 is 15.9 Å². The van der Waals surface area contributed by atoms with Gasteiger partial charge < -0.3 is 10.6 Å². The third-order valence-corrected chi connectivity index (χ3v) is 3.04. The van der Waals surface area contributed by atoms with Crippen LogP contribution in [-0.4, -0.2) is 13.1 Å². The maximum Gasteiger partial charge on any atom is 0.0671 e. The van der Waals surface area contributed by atoms with Crippen LogP contribution in [0.25, 0.3) is 0 Å². The minimum atomic E-state index is 0.0180. The normalized spacial score (nSPS) is 11.9. The summed E-state index contributed by atoms with van der Waals surface area (Å²) in [6.45, 7) is 5.60. The van der Waals surface area contributed by atoms with E-state index in [0.29, 0.717) is 0 Å². The first-order valence-electron chi connectivity index (χ1n) is 5.28. The molecule has 0 aliphatic rings. The fourth-order valence-electron chi connectivity index (χ4n) is 1.55. The second-order valence-electron chi connectivity index (χ2n) is 3.78. The number of nitriles is 1. The van der Waals surface area contributed by atoms with Gasteiger partial charge in [0.2, 0.25) is 0 Å². The van der Waals surface area contributed by atoms with Crippen molar-refractivity contribution >= 4 is 27.3 Å². The highest BCUT2D eigenvalue weighted by atomic mass is 79.9. The van der Waals surface area contributed by atoms with E-state index < -0.39 is 0 Å². The molecule has 0 amide bonds. The van der Waals surface area contributed by atoms with E-state index in [2.05, 4.69) is 33.8 Å². The molecule has 0 fully saturated rings. The van der Waals surface area contributed by atoms with Crippen LogP contribution in [0.1, 0.15) is 13.8 Å². The molecule has 0 aromatic heterocycles. The predicted molar refractivity (Wildman–Crippen MR) is 71.2 cm³/mol. The van der Waals surface area contributed by atoms with Crippen LogP contribution in [-0.2, 0) is 0 Å². The Kier molecular flexibility index (Phi) is 4.63. The van der Waals surface area contributed by atoms with Gasteiger partial charge in [0, 0.05) is 23.2 Å². The summed E-state index contributed by atoms with van der Waals surface area (Å²) in [6, 6.07) is 7.99. The fourth-order valence-corrected chi connectivity index (χ4v) is 2.20. The van der Waals surface area contributed by atoms with Crippen molar-refractivity contribution in [3.8, 4) is 6.07 Å². The number of nitrogens with zero attached hydrogens (tertiary/aromatic N) is 2. The maximum atomic E-state index is 8.83. The van der Waals surface area contributed by atoms with Crippen LogP contribution in [0.4, 0.5) is 11.4 Å². The summed E-state index contributed by atoms with van der Waals surface area (Å²) in [7, 11) is 0. The van der Waals surface area contributed by atoms with E-state index in [1.807, 2.05) is 25.1 Å². The SMILES string of the molecule is CCN(CC(C)C#N)c1ccc(N)cc1Br. The van der Waals surface area contributed by atoms with Gasteiger partial charge in [0.15, 0.2) is 0 Å². The molecule has 0 saturated heterocycles. The first-order chi connectivity index (χ1) is 7.58. The van der Waals surface area contributed by atoms with Crippen molar-refractivity contribution in [1.29, 1.82) is 5.26 Å². The summed E-state index contributed by atoms with van der Waals surface area (Å²) in [5, 5.41) is 8.83. The summed E-state index contributed by atoms with van der Waals surface area (Å²) < 4.78 is 0.972. The first kappa shape index (κ1) is 12.9. The number of nitrogen functional groups attached to an aromatic ring is 1. The van der Waals surface area contributed by atoms with E-state index in [0.717, 1.165) is 28.9 Å². The van der Waals surface area contributed by atoms with Gasteiger partial charge in [-0.3, -0.25) is 0 Å². The van der Waals surface area contributed by atoms with Gasteiger partial charge >= 0.3 is 0 Å². The lowest BCUT2D eigenvalue weighted by Gasteiger charge is -2.25. The molecule has 86 valence electrons. The second-order valence-corrected chi connectivity index (χ2v) is 4.63. The molecule has 4 heteroatoms. The third kappa shape index (κ3) is 3.14. The zero-order valence-electron chi connectivity index (χ0n) is 9.57. The second kappa shape index (κ2) is 5.76. The standard InChI is InChI=1S/C12H16BrN3/c1-3-16(8-9(2)7-14)12-5-4-10(15)6-11(12)13/h4-6,9H,3,8,15H2,1-2H3. The molecule has 1 aromatic carbocycles. The number of benzene rings is 1. The molecule has 0 aliphatic carbocycles. The highest BCUT2D eigenvalue weighted by Crippen LogP contribution is 2.28. The van der Waals surface area contributed by atoms with Gasteiger partial charge in [0.05, 0.1) is 17.7 Å². The minimum absolute atomic E-state index is 0.0180. The van der Waals surface area contributed by atoms with Crippen molar-refractivity contribution in [2.45, 2.75) is 13.8 Å². The largest absolute Gasteiger partial charge is 0.399 e. The van der Waals surface area contributed by atoms with E-state index in [1.165, 1.54) is 0 Å². The van der Waals surface area contributed by atoms with Crippen LogP contribution in [0.5, 0.6) is 0 Å². The minimum Gasteiger partial charge on any atom is -0.399 e. The lowest BCUT2D eigenvalue weighted by molar-refractivity contribution is 0.685. The number of halogens is 1. The predicted octanol–water partition coefficient (Wildman–Crippen LogP) is 3.02. The zero-order chi connectivity index (χ0) is 12.1. The van der Waals surface area contributed by atoms with Crippen molar-refractivity contribution in [2.24, 2.45) is 5.92 Å². The van der Waals surface area contributed by atoms with Crippen molar-refractivity contribution in [1.82, 2.24) is 0 Å². The van der Waals surface area contributed by atoms with Crippen LogP contribution < -0.4 is 10.6 Å². The van der Waals surface area contributed by atoms with E-state index in [-0.39, 0.29) is 5.92 Å². The average Bonchev–Trinajstić information content (AvgIpc) is 2.26. The van der Waals surface area contributed by atoms with Crippen LogP contribution in [0.2, 0.25) is 0 Å². The van der Waals surface area contributed by atoms with Gasteiger partial charge in [0.1, 0.15) is 0 Å². The molecule has 16 heavy (non-hydrogen) atoms. The molecule has 3 nitrogen and oxygen atoms in total. The van der Waals surface area contributed by atoms with Crippen LogP contribution in [0, 0.1) is 17.2 Å². The van der Waals surface area contributed by atoms with Crippen molar-refractivity contribution in [3.05, 3.63) is 22.7 Å². The molecule has 0 heterocycles. The number of hydrogen-bond donors (Lipinski definition) is 1. The molecule has 0 aliphatic heterocycles. The molecule has 1 rings (SSSR count). The van der Waals surface area contributed by atoms with E-state index >= 15 is 0 Å². The average molecular weight is 282 g/mol. The molecule has 1 atom stereocenters. The number of rotatable bonds is 4. The van der Waals surface area contributed by atoms with Crippen molar-refractivity contribution in [2.75, 3.05) is 23.7 Å². The summed E-state index contributed by atoms with van der Waals surface area (Å²) in [5.74, 6) is 0.0180. The topological polar surface area (TPSA) is 53.0 Å². The molecule has 1 aromatic rings. The Labute approximate surface area is 105 Å². The summed E-state index contributed by atoms with van der Waals surface area (Å²) in [6.07, 6.45) is 0. The van der Waals surface area contributed by atoms with Crippen molar-refractivity contribution in [3.63, 3.8) is 0 Å². The van der Waals surface area contributed by atoms with Gasteiger partial charge in [-0.1, -0.05) is 0 Å². The summed E-state index contributed by atoms with van der Waals surface area (Å²) in [5.41, 5.74) is 7.51.